The molecule has 0 fully saturated rings. The Morgan fingerprint density at radius 3 is 1.37 bits per heavy atom. The summed E-state index contributed by atoms with van der Waals surface area (Å²) in [6.45, 7) is 4.28. The molecule has 0 aliphatic rings. The molecule has 9 nitrogen and oxygen atoms in total. The summed E-state index contributed by atoms with van der Waals surface area (Å²) < 4.78 is 3.05. The molecule has 288 valence electrons. The lowest BCUT2D eigenvalue weighted by atomic mass is 10.0. The second-order valence-corrected chi connectivity index (χ2v) is 14.4. The number of fused-ring (bicyclic) bond motifs is 2. The van der Waals surface area contributed by atoms with Gasteiger partial charge in [-0.15, -0.1) is 0 Å². The fourth-order valence-electron chi connectivity index (χ4n) is 6.15. The first-order valence-corrected chi connectivity index (χ1v) is 19.5. The van der Waals surface area contributed by atoms with Crippen LogP contribution in [-0.2, 0) is 25.9 Å². The van der Waals surface area contributed by atoms with Crippen molar-refractivity contribution < 1.29 is 9.59 Å². The fraction of sp³-hybridized carbons (Fsp3) is 0.156. The van der Waals surface area contributed by atoms with Crippen molar-refractivity contribution in [3.05, 3.63) is 195 Å². The van der Waals surface area contributed by atoms with Crippen molar-refractivity contribution >= 4 is 63.5 Å². The van der Waals surface area contributed by atoms with E-state index in [1.807, 2.05) is 36.4 Å². The molecule has 12 heteroatoms. The summed E-state index contributed by atoms with van der Waals surface area (Å²) in [6, 6.07) is 45.1. The van der Waals surface area contributed by atoms with Gasteiger partial charge in [0.15, 0.2) is 22.9 Å². The van der Waals surface area contributed by atoms with Crippen molar-refractivity contribution in [1.82, 2.24) is 29.2 Å². The van der Waals surface area contributed by atoms with Gasteiger partial charge in [0.1, 0.15) is 21.3 Å². The van der Waals surface area contributed by atoms with Crippen LogP contribution in [0.15, 0.2) is 146 Å². The summed E-state index contributed by atoms with van der Waals surface area (Å²) in [6.07, 6.45) is 6.56. The van der Waals surface area contributed by atoms with Gasteiger partial charge in [-0.2, -0.15) is 14.7 Å². The Bertz CT molecular complexity index is 2470. The minimum Gasteiger partial charge on any atom is -0.348 e. The van der Waals surface area contributed by atoms with Gasteiger partial charge in [0, 0.05) is 25.2 Å². The van der Waals surface area contributed by atoms with Crippen LogP contribution in [0.2, 0.25) is 15.5 Å². The van der Waals surface area contributed by atoms with Crippen LogP contribution in [0.4, 0.5) is 5.82 Å². The molecule has 0 saturated carbocycles. The highest BCUT2D eigenvalue weighted by Crippen LogP contribution is 2.26. The number of aromatic nitrogens is 6. The smallest absolute Gasteiger partial charge is 0.169 e. The third-order valence-corrected chi connectivity index (χ3v) is 9.61. The van der Waals surface area contributed by atoms with Crippen molar-refractivity contribution in [3.63, 3.8) is 0 Å². The molecule has 8 aromatic rings. The summed E-state index contributed by atoms with van der Waals surface area (Å²) in [5.74, 6) is 0.578. The molecule has 4 heterocycles. The monoisotopic (exact) mass is 815 g/mol. The van der Waals surface area contributed by atoms with Crippen LogP contribution < -0.4 is 4.90 Å². The van der Waals surface area contributed by atoms with Crippen molar-refractivity contribution in [2.24, 2.45) is 0 Å². The number of halogens is 3. The van der Waals surface area contributed by atoms with Crippen LogP contribution in [-0.4, -0.2) is 40.8 Å². The van der Waals surface area contributed by atoms with Crippen LogP contribution in [0.3, 0.4) is 0 Å². The van der Waals surface area contributed by atoms with Gasteiger partial charge in [-0.05, 0) is 55.4 Å². The van der Waals surface area contributed by atoms with Gasteiger partial charge in [0.05, 0.1) is 23.5 Å². The average Bonchev–Trinajstić information content (AvgIpc) is 3.85. The molecule has 4 aromatic carbocycles. The van der Waals surface area contributed by atoms with Gasteiger partial charge >= 0.3 is 0 Å². The van der Waals surface area contributed by atoms with Crippen LogP contribution in [0, 0.1) is 0 Å². The van der Waals surface area contributed by atoms with Gasteiger partial charge in [0.25, 0.3) is 0 Å². The molecule has 0 atom stereocenters. The normalized spacial score (nSPS) is 10.7. The number of Topliss-reactive ketones (excluding diaryl/α,β-unsaturated/α-hetero) is 2. The molecule has 0 aliphatic heterocycles. The van der Waals surface area contributed by atoms with Gasteiger partial charge in [-0.25, -0.2) is 14.5 Å². The van der Waals surface area contributed by atoms with E-state index in [-0.39, 0.29) is 16.7 Å². The number of hydrogen-bond acceptors (Lipinski definition) is 7. The molecule has 0 bridgehead atoms. The zero-order valence-corrected chi connectivity index (χ0v) is 33.7. The van der Waals surface area contributed by atoms with E-state index < -0.39 is 0 Å². The predicted molar refractivity (Wildman–Crippen MR) is 229 cm³/mol. The summed E-state index contributed by atoms with van der Waals surface area (Å²) in [5, 5.41) is 9.24. The molecule has 0 unspecified atom stereocenters. The van der Waals surface area contributed by atoms with E-state index in [2.05, 4.69) is 110 Å². The van der Waals surface area contributed by atoms with E-state index in [4.69, 9.17) is 34.8 Å². The lowest BCUT2D eigenvalue weighted by molar-refractivity contribution is 0.101. The van der Waals surface area contributed by atoms with Crippen molar-refractivity contribution in [1.29, 1.82) is 0 Å². The maximum atomic E-state index is 11.9. The van der Waals surface area contributed by atoms with Crippen molar-refractivity contribution in [2.75, 3.05) is 4.90 Å². The number of benzene rings is 4. The number of carbonyl (C=O) groups is 2. The van der Waals surface area contributed by atoms with E-state index in [1.165, 1.54) is 72.1 Å². The lowest BCUT2D eigenvalue weighted by Gasteiger charge is -2.25. The minimum absolute atomic E-state index is 0.0895. The third kappa shape index (κ3) is 11.1. The second kappa shape index (κ2) is 19.8. The Labute approximate surface area is 346 Å². The Morgan fingerprint density at radius 2 is 0.930 bits per heavy atom. The number of aryl methyl sites for hydroxylation is 2. The quantitative estimate of drug-likeness (QED) is 0.0947. The minimum atomic E-state index is -0.120. The zero-order valence-electron chi connectivity index (χ0n) is 31.5. The van der Waals surface area contributed by atoms with Gasteiger partial charge < -0.3 is 4.90 Å². The van der Waals surface area contributed by atoms with Gasteiger partial charge in [0.2, 0.25) is 0 Å². The molecule has 0 radical (unpaired) electrons. The first-order chi connectivity index (χ1) is 27.7. The molecule has 0 spiro atoms. The Balaban J connectivity index is 0.000000159. The summed E-state index contributed by atoms with van der Waals surface area (Å²) in [5.41, 5.74) is 6.94. The molecule has 8 rings (SSSR count). The van der Waals surface area contributed by atoms with E-state index in [9.17, 15) is 9.59 Å². The molecule has 0 N–H and O–H groups in total. The third-order valence-electron chi connectivity index (χ3n) is 8.95. The largest absolute Gasteiger partial charge is 0.348 e. The standard InChI is InChI=1S/C22H19ClN4O.C15H16.C8H5Cl2N3O/c1-16(28)19-13-24-27-21(12-20(23)25-22(19)27)26(14-17-8-4-2-5-9-17)15-18-10-6-3-7-11-18;1-3-8-14(9-4-1)12-7-13-15-10-5-2-6-11-15;1-4(14)5-3-11-13-7(10)2-6(9)12-8(5)13/h2-13H,14-15H2,1H3;1-6,8-11H,7,12-13H2;2-3H,1H3. The maximum absolute atomic E-state index is 11.9. The SMILES string of the molecule is CC(=O)c1cnn2c(Cl)cc(Cl)nc12.CC(=O)c1cnn2c(N(Cc3ccccc3)Cc3ccccc3)cc(Cl)nc12.c1ccc(CCCc2ccccc2)cc1. The number of anilines is 1. The van der Waals surface area contributed by atoms with Crippen LogP contribution >= 0.6 is 34.8 Å². The summed E-state index contributed by atoms with van der Waals surface area (Å²) in [4.78, 5) is 33.6. The number of rotatable bonds is 11. The molecule has 0 saturated heterocycles. The highest BCUT2D eigenvalue weighted by atomic mass is 35.5. The van der Waals surface area contributed by atoms with E-state index in [0.29, 0.717) is 45.8 Å². The zero-order chi connectivity index (χ0) is 40.1. The number of ketones is 2. The second-order valence-electron chi connectivity index (χ2n) is 13.2. The average molecular weight is 817 g/mol. The van der Waals surface area contributed by atoms with Crippen molar-refractivity contribution in [3.8, 4) is 0 Å². The molecule has 57 heavy (non-hydrogen) atoms. The van der Waals surface area contributed by atoms with Crippen LogP contribution in [0.5, 0.6) is 0 Å². The summed E-state index contributed by atoms with van der Waals surface area (Å²) >= 11 is 17.9. The highest BCUT2D eigenvalue weighted by Gasteiger charge is 2.19. The van der Waals surface area contributed by atoms with E-state index >= 15 is 0 Å². The predicted octanol–water partition coefficient (Wildman–Crippen LogP) is 10.9. The van der Waals surface area contributed by atoms with E-state index in [1.54, 1.807) is 16.8 Å². The molecular formula is C45H40Cl3N7O2. The van der Waals surface area contributed by atoms with Crippen LogP contribution in [0.25, 0.3) is 11.3 Å². The fourth-order valence-corrected chi connectivity index (χ4v) is 6.79. The number of hydrogen-bond donors (Lipinski definition) is 0. The first kappa shape index (κ1) is 40.8. The maximum Gasteiger partial charge on any atom is 0.169 e. The number of nitrogens with zero attached hydrogens (tertiary/aromatic N) is 7. The highest BCUT2D eigenvalue weighted by molar-refractivity contribution is 6.33. The molecule has 4 aromatic heterocycles. The molecular weight excluding hydrogens is 777 g/mol. The Kier molecular flexibility index (Phi) is 14.2. The molecule has 0 amide bonds. The van der Waals surface area contributed by atoms with Crippen molar-refractivity contribution in [2.45, 2.75) is 46.2 Å². The topological polar surface area (TPSA) is 97.8 Å². The first-order valence-electron chi connectivity index (χ1n) is 18.3. The Hall–Kier alpha value is -5.87. The van der Waals surface area contributed by atoms with Crippen LogP contribution in [0.1, 0.15) is 63.2 Å². The van der Waals surface area contributed by atoms with E-state index in [0.717, 1.165) is 5.82 Å². The number of carbonyl (C=O) groups excluding carboxylic acids is 2. The lowest BCUT2D eigenvalue weighted by Crippen LogP contribution is -2.25. The summed E-state index contributed by atoms with van der Waals surface area (Å²) in [7, 11) is 0. The Morgan fingerprint density at radius 1 is 0.544 bits per heavy atom. The van der Waals surface area contributed by atoms with Gasteiger partial charge in [-0.3, -0.25) is 9.59 Å². The molecule has 0 aliphatic carbocycles. The van der Waals surface area contributed by atoms with Gasteiger partial charge in [-0.1, -0.05) is 156 Å².